The van der Waals surface area contributed by atoms with Crippen molar-refractivity contribution in [3.8, 4) is 11.3 Å². The lowest BCUT2D eigenvalue weighted by Crippen LogP contribution is -2.03. The smallest absolute Gasteiger partial charge is 0.335 e. The van der Waals surface area contributed by atoms with E-state index in [4.69, 9.17) is 5.11 Å². The number of aromatic carboxylic acids is 1. The predicted molar refractivity (Wildman–Crippen MR) is 67.4 cm³/mol. The lowest BCUT2D eigenvalue weighted by molar-refractivity contribution is 0.0697. The van der Waals surface area contributed by atoms with Crippen LogP contribution in [0.15, 0.2) is 24.4 Å². The summed E-state index contributed by atoms with van der Waals surface area (Å²) >= 11 is 0. The molecule has 94 valence electrons. The molecule has 0 radical (unpaired) electrons. The Kier molecular flexibility index (Phi) is 3.41. The van der Waals surface area contributed by atoms with Crippen LogP contribution in [0.3, 0.4) is 0 Å². The van der Waals surface area contributed by atoms with Gasteiger partial charge in [-0.1, -0.05) is 18.2 Å². The van der Waals surface area contributed by atoms with Gasteiger partial charge in [0.1, 0.15) is 0 Å². The van der Waals surface area contributed by atoms with Crippen LogP contribution in [-0.4, -0.2) is 26.1 Å². The Bertz CT molecular complexity index is 575. The quantitative estimate of drug-likeness (QED) is 0.897. The summed E-state index contributed by atoms with van der Waals surface area (Å²) in [4.78, 5) is 11.0. The van der Waals surface area contributed by atoms with Crippen LogP contribution >= 0.6 is 0 Å². The summed E-state index contributed by atoms with van der Waals surface area (Å²) in [5, 5.41) is 16.9. The third kappa shape index (κ3) is 2.25. The molecule has 0 atom stereocenters. The van der Waals surface area contributed by atoms with Crippen molar-refractivity contribution in [1.29, 1.82) is 0 Å². The maximum atomic E-state index is 11.0. The van der Waals surface area contributed by atoms with Gasteiger partial charge in [0.2, 0.25) is 0 Å². The van der Waals surface area contributed by atoms with Crippen molar-refractivity contribution in [1.82, 2.24) is 15.0 Å². The molecule has 0 saturated carbocycles. The fourth-order valence-electron chi connectivity index (χ4n) is 1.87. The number of carboxylic acids is 1. The first-order valence-electron chi connectivity index (χ1n) is 5.86. The number of hydrogen-bond acceptors (Lipinski definition) is 3. The van der Waals surface area contributed by atoms with Crippen molar-refractivity contribution in [3.05, 3.63) is 35.5 Å². The molecule has 1 aromatic carbocycles. The van der Waals surface area contributed by atoms with E-state index in [-0.39, 0.29) is 5.56 Å². The van der Waals surface area contributed by atoms with Crippen LogP contribution in [0.25, 0.3) is 11.3 Å². The summed E-state index contributed by atoms with van der Waals surface area (Å²) in [5.41, 5.74) is 3.02. The number of carboxylic acid groups (broad SMARTS) is 1. The Balaban J connectivity index is 2.52. The minimum Gasteiger partial charge on any atom is -0.478 e. The average Bonchev–Trinajstić information content (AvgIpc) is 2.78. The van der Waals surface area contributed by atoms with Gasteiger partial charge in [-0.3, -0.25) is 0 Å². The number of benzene rings is 1. The summed E-state index contributed by atoms with van der Waals surface area (Å²) in [6.07, 6.45) is 2.62. The molecule has 2 rings (SSSR count). The Labute approximate surface area is 105 Å². The number of nitrogens with zero attached hydrogens (tertiary/aromatic N) is 3. The zero-order valence-electron chi connectivity index (χ0n) is 10.4. The SMILES string of the molecule is CCCn1nncc1-c1cc(C(=O)O)ccc1C. The first kappa shape index (κ1) is 12.3. The third-order valence-electron chi connectivity index (χ3n) is 2.81. The molecule has 1 aromatic heterocycles. The standard InChI is InChI=1S/C13H15N3O2/c1-3-6-16-12(8-14-15-16)11-7-10(13(17)18)5-4-9(11)2/h4-5,7-8H,3,6H2,1-2H3,(H,17,18). The van der Waals surface area contributed by atoms with E-state index in [0.717, 1.165) is 29.8 Å². The zero-order chi connectivity index (χ0) is 13.1. The molecule has 5 nitrogen and oxygen atoms in total. The Morgan fingerprint density at radius 3 is 2.89 bits per heavy atom. The molecular formula is C13H15N3O2. The van der Waals surface area contributed by atoms with Gasteiger partial charge in [0, 0.05) is 12.1 Å². The van der Waals surface area contributed by atoms with Crippen molar-refractivity contribution in [2.75, 3.05) is 0 Å². The second kappa shape index (κ2) is 5.00. The van der Waals surface area contributed by atoms with E-state index in [9.17, 15) is 4.79 Å². The third-order valence-corrected chi connectivity index (χ3v) is 2.81. The van der Waals surface area contributed by atoms with Gasteiger partial charge in [-0.25, -0.2) is 9.48 Å². The van der Waals surface area contributed by atoms with Gasteiger partial charge in [0.25, 0.3) is 0 Å². The number of carbonyl (C=O) groups is 1. The maximum absolute atomic E-state index is 11.0. The highest BCUT2D eigenvalue weighted by atomic mass is 16.4. The second-order valence-electron chi connectivity index (χ2n) is 4.18. The van der Waals surface area contributed by atoms with Crippen molar-refractivity contribution in [3.63, 3.8) is 0 Å². The normalized spacial score (nSPS) is 10.6. The minimum absolute atomic E-state index is 0.278. The molecule has 2 aromatic rings. The van der Waals surface area contributed by atoms with E-state index in [2.05, 4.69) is 17.2 Å². The van der Waals surface area contributed by atoms with Crippen LogP contribution in [0.5, 0.6) is 0 Å². The molecule has 0 bridgehead atoms. The van der Waals surface area contributed by atoms with E-state index >= 15 is 0 Å². The lowest BCUT2D eigenvalue weighted by Gasteiger charge is -2.08. The molecule has 0 aliphatic carbocycles. The number of aryl methyl sites for hydroxylation is 2. The van der Waals surface area contributed by atoms with Crippen molar-refractivity contribution in [2.24, 2.45) is 0 Å². The summed E-state index contributed by atoms with van der Waals surface area (Å²) in [6.45, 7) is 4.78. The monoisotopic (exact) mass is 245 g/mol. The number of rotatable bonds is 4. The van der Waals surface area contributed by atoms with Crippen molar-refractivity contribution >= 4 is 5.97 Å². The van der Waals surface area contributed by atoms with Crippen LogP contribution < -0.4 is 0 Å². The van der Waals surface area contributed by atoms with Gasteiger partial charge in [0.15, 0.2) is 0 Å². The van der Waals surface area contributed by atoms with E-state index in [1.807, 2.05) is 13.0 Å². The van der Waals surface area contributed by atoms with Gasteiger partial charge in [-0.05, 0) is 31.0 Å². The predicted octanol–water partition coefficient (Wildman–Crippen LogP) is 2.36. The van der Waals surface area contributed by atoms with Crippen LogP contribution in [0, 0.1) is 6.92 Å². The highest BCUT2D eigenvalue weighted by Gasteiger charge is 2.12. The average molecular weight is 245 g/mol. The van der Waals surface area contributed by atoms with Crippen LogP contribution in [0.1, 0.15) is 29.3 Å². The van der Waals surface area contributed by atoms with Gasteiger partial charge in [0.05, 0.1) is 17.5 Å². The molecule has 0 aliphatic rings. The second-order valence-corrected chi connectivity index (χ2v) is 4.18. The topological polar surface area (TPSA) is 68.0 Å². The maximum Gasteiger partial charge on any atom is 0.335 e. The summed E-state index contributed by atoms with van der Waals surface area (Å²) < 4.78 is 1.80. The summed E-state index contributed by atoms with van der Waals surface area (Å²) in [5.74, 6) is -0.925. The first-order chi connectivity index (χ1) is 8.63. The molecule has 0 spiro atoms. The molecule has 0 unspecified atom stereocenters. The molecule has 5 heteroatoms. The first-order valence-corrected chi connectivity index (χ1v) is 5.86. The molecule has 0 amide bonds. The molecule has 0 saturated heterocycles. The number of hydrogen-bond donors (Lipinski definition) is 1. The Hall–Kier alpha value is -2.17. The lowest BCUT2D eigenvalue weighted by atomic mass is 10.0. The molecule has 18 heavy (non-hydrogen) atoms. The molecule has 0 aliphatic heterocycles. The van der Waals surface area contributed by atoms with Gasteiger partial charge in [-0.15, -0.1) is 5.10 Å². The Morgan fingerprint density at radius 2 is 2.22 bits per heavy atom. The van der Waals surface area contributed by atoms with E-state index in [0.29, 0.717) is 0 Å². The summed E-state index contributed by atoms with van der Waals surface area (Å²) in [7, 11) is 0. The summed E-state index contributed by atoms with van der Waals surface area (Å²) in [6, 6.07) is 5.08. The van der Waals surface area contributed by atoms with Crippen molar-refractivity contribution < 1.29 is 9.90 Å². The largest absolute Gasteiger partial charge is 0.478 e. The zero-order valence-corrected chi connectivity index (χ0v) is 10.4. The van der Waals surface area contributed by atoms with Crippen molar-refractivity contribution in [2.45, 2.75) is 26.8 Å². The molecule has 1 N–H and O–H groups in total. The van der Waals surface area contributed by atoms with E-state index < -0.39 is 5.97 Å². The fourth-order valence-corrected chi connectivity index (χ4v) is 1.87. The van der Waals surface area contributed by atoms with Crippen LogP contribution in [0.4, 0.5) is 0 Å². The van der Waals surface area contributed by atoms with Crippen LogP contribution in [0.2, 0.25) is 0 Å². The molecule has 0 fully saturated rings. The highest BCUT2D eigenvalue weighted by Crippen LogP contribution is 2.24. The molecule has 1 heterocycles. The van der Waals surface area contributed by atoms with Crippen LogP contribution in [-0.2, 0) is 6.54 Å². The van der Waals surface area contributed by atoms with E-state index in [1.54, 1.807) is 23.0 Å². The van der Waals surface area contributed by atoms with Gasteiger partial charge < -0.3 is 5.11 Å². The fraction of sp³-hybridized carbons (Fsp3) is 0.308. The highest BCUT2D eigenvalue weighted by molar-refractivity contribution is 5.89. The molecular weight excluding hydrogens is 230 g/mol. The minimum atomic E-state index is -0.925. The van der Waals surface area contributed by atoms with Gasteiger partial charge >= 0.3 is 5.97 Å². The Morgan fingerprint density at radius 1 is 1.44 bits per heavy atom. The van der Waals surface area contributed by atoms with E-state index in [1.165, 1.54) is 0 Å². The van der Waals surface area contributed by atoms with Gasteiger partial charge in [-0.2, -0.15) is 0 Å². The number of aromatic nitrogens is 3.